The maximum Gasteiger partial charge on any atom is 0.337 e. The number of hydrazone groups is 1. The van der Waals surface area contributed by atoms with Gasteiger partial charge in [-0.1, -0.05) is 39.7 Å². The Balaban J connectivity index is 1.63. The third-order valence-corrected chi connectivity index (χ3v) is 5.39. The standard InChI is InChI=1S/C22H14BrClN2O4/c1-12-17(11-16-7-9-20(30-16)13-2-4-14(23)5-3-13)21(27)26(25-12)15-6-8-19(24)18(10-15)22(28)29/h2-11H,1H3,(H,28,29)/b17-11-. The quantitative estimate of drug-likeness (QED) is 0.469. The van der Waals surface area contributed by atoms with Gasteiger partial charge < -0.3 is 9.52 Å². The van der Waals surface area contributed by atoms with Gasteiger partial charge in [0.05, 0.1) is 27.6 Å². The molecule has 1 aliphatic rings. The number of benzene rings is 2. The summed E-state index contributed by atoms with van der Waals surface area (Å²) in [6, 6.07) is 15.6. The van der Waals surface area contributed by atoms with Crippen LogP contribution >= 0.6 is 27.5 Å². The van der Waals surface area contributed by atoms with Crippen molar-refractivity contribution < 1.29 is 19.1 Å². The number of carboxylic acid groups (broad SMARTS) is 1. The fraction of sp³-hybridized carbons (Fsp3) is 0.0455. The third kappa shape index (κ3) is 3.81. The molecular weight excluding hydrogens is 472 g/mol. The van der Waals surface area contributed by atoms with Gasteiger partial charge in [-0.3, -0.25) is 4.79 Å². The Bertz CT molecular complexity index is 1230. The molecule has 1 aromatic heterocycles. The minimum Gasteiger partial charge on any atom is -0.478 e. The van der Waals surface area contributed by atoms with E-state index in [2.05, 4.69) is 21.0 Å². The number of carbonyl (C=O) groups excluding carboxylic acids is 1. The normalized spacial score (nSPS) is 15.0. The largest absolute Gasteiger partial charge is 0.478 e. The predicted molar refractivity (Wildman–Crippen MR) is 119 cm³/mol. The molecule has 6 nitrogen and oxygen atoms in total. The van der Waals surface area contributed by atoms with Gasteiger partial charge in [0.1, 0.15) is 11.5 Å². The van der Waals surface area contributed by atoms with Crippen LogP contribution < -0.4 is 5.01 Å². The Morgan fingerprint density at radius 1 is 1.17 bits per heavy atom. The molecule has 0 aliphatic carbocycles. The summed E-state index contributed by atoms with van der Waals surface area (Å²) in [6.07, 6.45) is 1.62. The molecule has 0 atom stereocenters. The van der Waals surface area contributed by atoms with Crippen molar-refractivity contribution in [2.75, 3.05) is 5.01 Å². The first-order valence-electron chi connectivity index (χ1n) is 8.84. The van der Waals surface area contributed by atoms with Crippen molar-refractivity contribution in [3.8, 4) is 11.3 Å². The molecule has 0 radical (unpaired) electrons. The van der Waals surface area contributed by atoms with E-state index in [1.807, 2.05) is 30.3 Å². The molecule has 8 heteroatoms. The number of hydrogen-bond donors (Lipinski definition) is 1. The monoisotopic (exact) mass is 484 g/mol. The average Bonchev–Trinajstić information content (AvgIpc) is 3.29. The summed E-state index contributed by atoms with van der Waals surface area (Å²) in [5, 5.41) is 14.8. The molecular formula is C22H14BrClN2O4. The molecule has 1 aliphatic heterocycles. The van der Waals surface area contributed by atoms with E-state index in [1.54, 1.807) is 25.1 Å². The van der Waals surface area contributed by atoms with E-state index in [0.29, 0.717) is 28.5 Å². The Kier molecular flexibility index (Phi) is 5.32. The van der Waals surface area contributed by atoms with Gasteiger partial charge in [-0.15, -0.1) is 0 Å². The zero-order valence-corrected chi connectivity index (χ0v) is 17.9. The van der Waals surface area contributed by atoms with Crippen LogP contribution in [-0.2, 0) is 4.79 Å². The fourth-order valence-corrected chi connectivity index (χ4v) is 3.47. The predicted octanol–water partition coefficient (Wildman–Crippen LogP) is 5.87. The van der Waals surface area contributed by atoms with Crippen LogP contribution in [0.1, 0.15) is 23.0 Å². The van der Waals surface area contributed by atoms with Gasteiger partial charge in [-0.2, -0.15) is 10.1 Å². The summed E-state index contributed by atoms with van der Waals surface area (Å²) in [5.41, 5.74) is 1.99. The Hall–Kier alpha value is -3.16. The van der Waals surface area contributed by atoms with Crippen molar-refractivity contribution in [2.24, 2.45) is 5.10 Å². The van der Waals surface area contributed by atoms with Crippen molar-refractivity contribution in [3.63, 3.8) is 0 Å². The van der Waals surface area contributed by atoms with E-state index in [4.69, 9.17) is 16.0 Å². The lowest BCUT2D eigenvalue weighted by molar-refractivity contribution is -0.114. The van der Waals surface area contributed by atoms with Gasteiger partial charge in [-0.05, 0) is 55.5 Å². The van der Waals surface area contributed by atoms with Crippen molar-refractivity contribution in [3.05, 3.63) is 81.0 Å². The minimum absolute atomic E-state index is 0.0884. The van der Waals surface area contributed by atoms with Crippen molar-refractivity contribution in [1.29, 1.82) is 0 Å². The molecule has 4 rings (SSSR count). The Morgan fingerprint density at radius 2 is 1.90 bits per heavy atom. The number of carbonyl (C=O) groups is 2. The number of amides is 1. The highest BCUT2D eigenvalue weighted by Crippen LogP contribution is 2.30. The molecule has 0 saturated carbocycles. The average molecular weight is 486 g/mol. The molecule has 0 unspecified atom stereocenters. The van der Waals surface area contributed by atoms with Crippen molar-refractivity contribution in [1.82, 2.24) is 0 Å². The second-order valence-corrected chi connectivity index (χ2v) is 7.86. The van der Waals surface area contributed by atoms with E-state index in [0.717, 1.165) is 15.0 Å². The highest BCUT2D eigenvalue weighted by atomic mass is 79.9. The first kappa shape index (κ1) is 20.1. The molecule has 0 bridgehead atoms. The number of furan rings is 1. The lowest BCUT2D eigenvalue weighted by atomic mass is 10.1. The van der Waals surface area contributed by atoms with Gasteiger partial charge in [0, 0.05) is 10.0 Å². The Morgan fingerprint density at radius 3 is 2.60 bits per heavy atom. The van der Waals surface area contributed by atoms with Crippen LogP contribution in [0.2, 0.25) is 5.02 Å². The SMILES string of the molecule is CC1=NN(c2ccc(Cl)c(C(=O)O)c2)C(=O)/C1=C\c1ccc(-c2ccc(Br)cc2)o1. The molecule has 0 fully saturated rings. The van der Waals surface area contributed by atoms with Gasteiger partial charge >= 0.3 is 5.97 Å². The number of rotatable bonds is 4. The summed E-state index contributed by atoms with van der Waals surface area (Å²) >= 11 is 9.31. The molecule has 1 N–H and O–H groups in total. The lowest BCUT2D eigenvalue weighted by Crippen LogP contribution is -2.21. The van der Waals surface area contributed by atoms with Crippen LogP contribution in [0.3, 0.4) is 0 Å². The summed E-state index contributed by atoms with van der Waals surface area (Å²) in [7, 11) is 0. The maximum atomic E-state index is 12.9. The molecule has 2 heterocycles. The highest BCUT2D eigenvalue weighted by molar-refractivity contribution is 9.10. The maximum absolute atomic E-state index is 12.9. The molecule has 150 valence electrons. The smallest absolute Gasteiger partial charge is 0.337 e. The Labute approximate surface area is 185 Å². The minimum atomic E-state index is -1.18. The van der Waals surface area contributed by atoms with Crippen LogP contribution in [0, 0.1) is 0 Å². The summed E-state index contributed by atoms with van der Waals surface area (Å²) in [6.45, 7) is 1.70. The van der Waals surface area contributed by atoms with Crippen LogP contribution in [0.25, 0.3) is 17.4 Å². The molecule has 30 heavy (non-hydrogen) atoms. The van der Waals surface area contributed by atoms with Gasteiger partial charge in [-0.25, -0.2) is 4.79 Å². The van der Waals surface area contributed by atoms with E-state index in [9.17, 15) is 14.7 Å². The number of aromatic carboxylic acids is 1. The number of carboxylic acids is 1. The van der Waals surface area contributed by atoms with Crippen LogP contribution in [0.15, 0.2) is 74.2 Å². The highest BCUT2D eigenvalue weighted by Gasteiger charge is 2.30. The summed E-state index contributed by atoms with van der Waals surface area (Å²) < 4.78 is 6.83. The van der Waals surface area contributed by atoms with Crippen LogP contribution in [0.5, 0.6) is 0 Å². The summed E-state index contributed by atoms with van der Waals surface area (Å²) in [5.74, 6) is -0.376. The molecule has 2 aromatic carbocycles. The van der Waals surface area contributed by atoms with Gasteiger partial charge in [0.2, 0.25) is 0 Å². The van der Waals surface area contributed by atoms with E-state index in [-0.39, 0.29) is 16.5 Å². The van der Waals surface area contributed by atoms with E-state index in [1.165, 1.54) is 12.1 Å². The first-order valence-corrected chi connectivity index (χ1v) is 10.0. The van der Waals surface area contributed by atoms with E-state index < -0.39 is 5.97 Å². The van der Waals surface area contributed by atoms with Crippen molar-refractivity contribution >= 4 is 56.9 Å². The topological polar surface area (TPSA) is 83.1 Å². The second kappa shape index (κ2) is 7.93. The third-order valence-electron chi connectivity index (χ3n) is 4.53. The number of hydrogen-bond acceptors (Lipinski definition) is 4. The zero-order valence-electron chi connectivity index (χ0n) is 15.6. The van der Waals surface area contributed by atoms with Gasteiger partial charge in [0.15, 0.2) is 0 Å². The van der Waals surface area contributed by atoms with Gasteiger partial charge in [0.25, 0.3) is 5.91 Å². The number of nitrogens with zero attached hydrogens (tertiary/aromatic N) is 2. The first-order chi connectivity index (χ1) is 14.3. The summed E-state index contributed by atoms with van der Waals surface area (Å²) in [4.78, 5) is 24.2. The fourth-order valence-electron chi connectivity index (χ4n) is 3.01. The van der Waals surface area contributed by atoms with E-state index >= 15 is 0 Å². The number of halogens is 2. The van der Waals surface area contributed by atoms with Crippen LogP contribution in [0.4, 0.5) is 5.69 Å². The van der Waals surface area contributed by atoms with Crippen LogP contribution in [-0.4, -0.2) is 22.7 Å². The molecule has 3 aromatic rings. The number of anilines is 1. The zero-order chi connectivity index (χ0) is 21.4. The second-order valence-electron chi connectivity index (χ2n) is 6.54. The molecule has 0 saturated heterocycles. The molecule has 0 spiro atoms. The molecule has 1 amide bonds. The van der Waals surface area contributed by atoms with Crippen molar-refractivity contribution in [2.45, 2.75) is 6.92 Å². The lowest BCUT2D eigenvalue weighted by Gasteiger charge is -2.12.